The molecule has 0 saturated heterocycles. The molecule has 3 heterocycles. The minimum atomic E-state index is -0.300. The minimum absolute atomic E-state index is 0.156. The van der Waals surface area contributed by atoms with Crippen molar-refractivity contribution in [2.45, 2.75) is 19.8 Å². The Morgan fingerprint density at radius 3 is 2.14 bits per heavy atom. The lowest BCUT2D eigenvalue weighted by Gasteiger charge is -2.09. The number of benzene rings is 4. The third-order valence-electron chi connectivity index (χ3n) is 8.02. The fourth-order valence-electron chi connectivity index (χ4n) is 5.66. The molecule has 7 rings (SSSR count). The molecule has 0 aliphatic rings. The Kier molecular flexibility index (Phi) is 6.78. The van der Waals surface area contributed by atoms with E-state index >= 15 is 0 Å². The molecule has 0 radical (unpaired) electrons. The van der Waals surface area contributed by atoms with Gasteiger partial charge in [0.05, 0.1) is 30.2 Å². The van der Waals surface area contributed by atoms with Gasteiger partial charge in [-0.25, -0.2) is 4.57 Å². The average molecular weight is 601 g/mol. The molecular weight excluding hydrogens is 570 g/mol. The SMILES string of the molecule is COc1ccc(C(=O)c2c(O)n(-c3ccc(C(C)C)cc3)c3nc(-c4ccc(OC)cc4)[n+]4c5ccccc5sc4c23)cc1. The monoisotopic (exact) mass is 600 g/mol. The number of methoxy groups -OCH3 is 2. The van der Waals surface area contributed by atoms with E-state index in [9.17, 15) is 9.90 Å². The van der Waals surface area contributed by atoms with Crippen molar-refractivity contribution in [3.05, 3.63) is 114 Å². The van der Waals surface area contributed by atoms with Gasteiger partial charge in [0.15, 0.2) is 11.3 Å². The van der Waals surface area contributed by atoms with Gasteiger partial charge in [-0.3, -0.25) is 4.79 Å². The van der Waals surface area contributed by atoms with E-state index in [1.807, 2.05) is 66.7 Å². The van der Waals surface area contributed by atoms with Crippen molar-refractivity contribution < 1.29 is 23.8 Å². The Hall–Kier alpha value is -5.21. The third-order valence-corrected chi connectivity index (χ3v) is 9.16. The number of carbonyl (C=O) groups is 1. The van der Waals surface area contributed by atoms with Crippen LogP contribution in [0, 0.1) is 0 Å². The number of nitrogens with zero attached hydrogens (tertiary/aromatic N) is 3. The largest absolute Gasteiger partial charge is 0.497 e. The van der Waals surface area contributed by atoms with Crippen molar-refractivity contribution in [2.24, 2.45) is 0 Å². The molecule has 7 nitrogen and oxygen atoms in total. The van der Waals surface area contributed by atoms with Gasteiger partial charge in [-0.1, -0.05) is 49.4 Å². The van der Waals surface area contributed by atoms with Crippen molar-refractivity contribution in [1.82, 2.24) is 9.55 Å². The summed E-state index contributed by atoms with van der Waals surface area (Å²) < 4.78 is 15.5. The summed E-state index contributed by atoms with van der Waals surface area (Å²) in [6.07, 6.45) is 0. The zero-order valence-electron chi connectivity index (χ0n) is 24.7. The first-order chi connectivity index (χ1) is 21.4. The van der Waals surface area contributed by atoms with Crippen LogP contribution in [-0.2, 0) is 0 Å². The van der Waals surface area contributed by atoms with E-state index in [0.717, 1.165) is 26.4 Å². The summed E-state index contributed by atoms with van der Waals surface area (Å²) in [5.41, 5.74) is 4.86. The summed E-state index contributed by atoms with van der Waals surface area (Å²) in [5, 5.41) is 12.6. The molecule has 0 aliphatic heterocycles. The molecule has 7 aromatic rings. The standard InChI is InChI=1S/C36H29N3O4S/c1-21(2)22-9-15-25(16-10-22)38-34-31(30(35(38)41)32(40)23-11-17-26(42-3)18-12-23)36-39(28-7-5-6-8-29(28)44-36)33(37-34)24-13-19-27(43-4)20-14-24/h5-21H,1-4H3/p+1. The van der Waals surface area contributed by atoms with Crippen molar-refractivity contribution in [3.63, 3.8) is 0 Å². The highest BCUT2D eigenvalue weighted by atomic mass is 32.1. The van der Waals surface area contributed by atoms with Crippen LogP contribution in [0.4, 0.5) is 0 Å². The number of para-hydroxylation sites is 1. The van der Waals surface area contributed by atoms with Gasteiger partial charge in [-0.2, -0.15) is 4.40 Å². The molecule has 0 unspecified atom stereocenters. The molecule has 4 aromatic carbocycles. The minimum Gasteiger partial charge on any atom is -0.497 e. The van der Waals surface area contributed by atoms with Gasteiger partial charge < -0.3 is 14.6 Å². The van der Waals surface area contributed by atoms with E-state index in [1.165, 1.54) is 5.56 Å². The van der Waals surface area contributed by atoms with Crippen LogP contribution in [0.3, 0.4) is 0 Å². The van der Waals surface area contributed by atoms with E-state index in [-0.39, 0.29) is 17.2 Å². The molecule has 0 spiro atoms. The predicted molar refractivity (Wildman–Crippen MR) is 174 cm³/mol. The van der Waals surface area contributed by atoms with Gasteiger partial charge >= 0.3 is 5.82 Å². The lowest BCUT2D eigenvalue weighted by atomic mass is 10.0. The maximum atomic E-state index is 14.3. The topological polar surface area (TPSA) is 77.7 Å². The lowest BCUT2D eigenvalue weighted by Crippen LogP contribution is -2.25. The van der Waals surface area contributed by atoms with Crippen LogP contribution >= 0.6 is 11.3 Å². The van der Waals surface area contributed by atoms with Crippen LogP contribution in [-0.4, -0.2) is 34.7 Å². The van der Waals surface area contributed by atoms with Crippen LogP contribution < -0.4 is 13.9 Å². The van der Waals surface area contributed by atoms with E-state index in [0.29, 0.717) is 39.8 Å². The van der Waals surface area contributed by atoms with E-state index in [1.54, 1.807) is 54.4 Å². The summed E-state index contributed by atoms with van der Waals surface area (Å²) in [6.45, 7) is 4.28. The van der Waals surface area contributed by atoms with E-state index in [2.05, 4.69) is 24.3 Å². The summed E-state index contributed by atoms with van der Waals surface area (Å²) in [7, 11) is 3.22. The quantitative estimate of drug-likeness (QED) is 0.150. The van der Waals surface area contributed by atoms with Crippen LogP contribution in [0.15, 0.2) is 97.1 Å². The van der Waals surface area contributed by atoms with Crippen LogP contribution in [0.2, 0.25) is 0 Å². The molecule has 44 heavy (non-hydrogen) atoms. The Balaban J connectivity index is 1.61. The highest BCUT2D eigenvalue weighted by molar-refractivity contribution is 7.24. The van der Waals surface area contributed by atoms with Gasteiger partial charge in [-0.15, -0.1) is 0 Å². The molecule has 0 saturated carbocycles. The second kappa shape index (κ2) is 10.8. The Bertz CT molecular complexity index is 2180. The Morgan fingerprint density at radius 1 is 0.864 bits per heavy atom. The zero-order valence-corrected chi connectivity index (χ0v) is 25.6. The smallest absolute Gasteiger partial charge is 0.339 e. The van der Waals surface area contributed by atoms with Crippen molar-refractivity contribution in [2.75, 3.05) is 14.2 Å². The molecule has 8 heteroatoms. The van der Waals surface area contributed by atoms with Crippen LogP contribution in [0.5, 0.6) is 17.4 Å². The number of hydrogen-bond acceptors (Lipinski definition) is 6. The zero-order chi connectivity index (χ0) is 30.5. The van der Waals surface area contributed by atoms with Crippen LogP contribution in [0.1, 0.15) is 41.3 Å². The molecule has 0 aliphatic carbocycles. The second-order valence-electron chi connectivity index (χ2n) is 10.9. The molecule has 3 aromatic heterocycles. The highest BCUT2D eigenvalue weighted by Crippen LogP contribution is 2.40. The van der Waals surface area contributed by atoms with Crippen molar-refractivity contribution >= 4 is 43.2 Å². The number of rotatable bonds is 7. The predicted octanol–water partition coefficient (Wildman–Crippen LogP) is 7.72. The van der Waals surface area contributed by atoms with Crippen molar-refractivity contribution in [1.29, 1.82) is 0 Å². The Labute approximate surface area is 258 Å². The molecule has 218 valence electrons. The maximum absolute atomic E-state index is 14.3. The molecule has 0 bridgehead atoms. The van der Waals surface area contributed by atoms with Gasteiger partial charge in [0.25, 0.3) is 5.65 Å². The first-order valence-corrected chi connectivity index (χ1v) is 15.2. The van der Waals surface area contributed by atoms with Gasteiger partial charge in [-0.05, 0) is 89.3 Å². The molecule has 0 fully saturated rings. The third kappa shape index (κ3) is 4.37. The number of ether oxygens (including phenoxy) is 2. The lowest BCUT2D eigenvalue weighted by molar-refractivity contribution is -0.467. The molecule has 0 amide bonds. The fourth-order valence-corrected chi connectivity index (χ4v) is 6.85. The second-order valence-corrected chi connectivity index (χ2v) is 11.9. The fraction of sp³-hybridized carbons (Fsp3) is 0.139. The summed E-state index contributed by atoms with van der Waals surface area (Å²) >= 11 is 1.57. The number of aromatic hydroxyl groups is 1. The maximum Gasteiger partial charge on any atom is 0.339 e. The van der Waals surface area contributed by atoms with E-state index in [4.69, 9.17) is 14.5 Å². The van der Waals surface area contributed by atoms with Crippen molar-refractivity contribution in [3.8, 4) is 34.5 Å². The van der Waals surface area contributed by atoms with Gasteiger partial charge in [0, 0.05) is 5.56 Å². The first kappa shape index (κ1) is 27.6. The molecule has 0 atom stereocenters. The first-order valence-electron chi connectivity index (χ1n) is 14.3. The molecular formula is C36H30N3O4S+. The number of hydrogen-bond donors (Lipinski definition) is 1. The Morgan fingerprint density at radius 2 is 1.50 bits per heavy atom. The normalized spacial score (nSPS) is 11.6. The van der Waals surface area contributed by atoms with Gasteiger partial charge in [0.2, 0.25) is 10.7 Å². The molecule has 1 N–H and O–H groups in total. The summed E-state index contributed by atoms with van der Waals surface area (Å²) in [5.74, 6) is 1.97. The van der Waals surface area contributed by atoms with Crippen LogP contribution in [0.25, 0.3) is 43.2 Å². The highest BCUT2D eigenvalue weighted by Gasteiger charge is 2.34. The van der Waals surface area contributed by atoms with E-state index < -0.39 is 0 Å². The average Bonchev–Trinajstić information content (AvgIpc) is 3.59. The number of aromatic nitrogens is 3. The summed E-state index contributed by atoms with van der Waals surface area (Å²) in [6, 6.07) is 30.8. The summed E-state index contributed by atoms with van der Waals surface area (Å²) in [4.78, 5) is 20.3. The number of fused-ring (bicyclic) bond motifs is 5. The van der Waals surface area contributed by atoms with Gasteiger partial charge in [0.1, 0.15) is 22.4 Å². The number of ketones is 1. The number of carbonyl (C=O) groups excluding carboxylic acids is 1. The number of thiazole rings is 1.